The maximum absolute atomic E-state index is 12.2. The van der Waals surface area contributed by atoms with Crippen LogP contribution in [0.25, 0.3) is 0 Å². The van der Waals surface area contributed by atoms with Crippen molar-refractivity contribution in [3.8, 4) is 0 Å². The van der Waals surface area contributed by atoms with Crippen LogP contribution in [-0.4, -0.2) is 42.6 Å². The molecule has 2 fully saturated rings. The third kappa shape index (κ3) is 2.35. The van der Waals surface area contributed by atoms with Gasteiger partial charge in [-0.2, -0.15) is 0 Å². The summed E-state index contributed by atoms with van der Waals surface area (Å²) >= 11 is 0. The minimum absolute atomic E-state index is 0.206. The van der Waals surface area contributed by atoms with Crippen LogP contribution >= 0.6 is 0 Å². The van der Waals surface area contributed by atoms with Gasteiger partial charge in [0, 0.05) is 32.8 Å². The maximum Gasteiger partial charge on any atom is 0.228 e. The van der Waals surface area contributed by atoms with E-state index in [4.69, 9.17) is 4.74 Å². The van der Waals surface area contributed by atoms with Gasteiger partial charge in [0.2, 0.25) is 5.91 Å². The highest BCUT2D eigenvalue weighted by atomic mass is 16.5. The maximum atomic E-state index is 12.2. The molecule has 1 N–H and O–H groups in total. The molecule has 6 heteroatoms. The van der Waals surface area contributed by atoms with Crippen LogP contribution in [0.1, 0.15) is 25.0 Å². The molecule has 2 saturated heterocycles. The fourth-order valence-electron chi connectivity index (χ4n) is 3.17. The van der Waals surface area contributed by atoms with E-state index in [1.165, 1.54) is 0 Å². The summed E-state index contributed by atoms with van der Waals surface area (Å²) in [7, 11) is 1.65. The number of aromatic nitrogens is 2. The number of amides is 1. The number of rotatable bonds is 3. The predicted octanol–water partition coefficient (Wildman–Crippen LogP) is 0.729. The molecule has 1 aromatic rings. The first kappa shape index (κ1) is 13.3. The lowest BCUT2D eigenvalue weighted by atomic mass is 9.79. The normalized spacial score (nSPS) is 26.1. The zero-order chi connectivity index (χ0) is 14.0. The molecular weight excluding hydrogens is 256 g/mol. The average Bonchev–Trinajstić information content (AvgIpc) is 2.89. The van der Waals surface area contributed by atoms with Crippen LogP contribution in [0, 0.1) is 5.41 Å². The third-order valence-electron chi connectivity index (χ3n) is 4.28. The lowest BCUT2D eigenvalue weighted by Gasteiger charge is -2.32. The van der Waals surface area contributed by atoms with Crippen LogP contribution in [0.3, 0.4) is 0 Å². The van der Waals surface area contributed by atoms with E-state index in [1.807, 2.05) is 6.07 Å². The number of hydrogen-bond donors (Lipinski definition) is 1. The van der Waals surface area contributed by atoms with Crippen molar-refractivity contribution in [2.24, 2.45) is 5.41 Å². The van der Waals surface area contributed by atoms with Gasteiger partial charge >= 0.3 is 0 Å². The standard InChI is InChI=1S/C14H20N4O2/c1-20-8-11-7-12(17-10-16-11)18-6-4-14(9-18)3-2-5-15-13(14)19/h7,10H,2-6,8-9H2,1H3,(H,15,19)/t14-/m1/s1. The topological polar surface area (TPSA) is 67.3 Å². The van der Waals surface area contributed by atoms with Crippen molar-refractivity contribution < 1.29 is 9.53 Å². The van der Waals surface area contributed by atoms with Crippen LogP contribution in [0.5, 0.6) is 0 Å². The first-order chi connectivity index (χ1) is 9.73. The summed E-state index contributed by atoms with van der Waals surface area (Å²) in [6.07, 6.45) is 4.52. The number of carbonyl (C=O) groups is 1. The molecule has 3 heterocycles. The second-order valence-electron chi connectivity index (χ2n) is 5.61. The Labute approximate surface area is 118 Å². The zero-order valence-corrected chi connectivity index (χ0v) is 11.8. The fraction of sp³-hybridized carbons (Fsp3) is 0.643. The smallest absolute Gasteiger partial charge is 0.228 e. The van der Waals surface area contributed by atoms with Crippen molar-refractivity contribution in [2.45, 2.75) is 25.9 Å². The Kier molecular flexibility index (Phi) is 3.56. The summed E-state index contributed by atoms with van der Waals surface area (Å²) in [5.74, 6) is 1.10. The van der Waals surface area contributed by atoms with E-state index < -0.39 is 0 Å². The number of hydrogen-bond acceptors (Lipinski definition) is 5. The molecule has 1 aromatic heterocycles. The molecule has 0 unspecified atom stereocenters. The molecule has 108 valence electrons. The molecule has 1 spiro atoms. The Bertz CT molecular complexity index is 508. The van der Waals surface area contributed by atoms with Crippen molar-refractivity contribution in [1.82, 2.24) is 15.3 Å². The van der Waals surface area contributed by atoms with Crippen molar-refractivity contribution >= 4 is 11.7 Å². The van der Waals surface area contributed by atoms with Gasteiger partial charge < -0.3 is 15.0 Å². The highest BCUT2D eigenvalue weighted by Gasteiger charge is 2.45. The van der Waals surface area contributed by atoms with Gasteiger partial charge in [-0.3, -0.25) is 4.79 Å². The van der Waals surface area contributed by atoms with E-state index in [0.717, 1.165) is 50.4 Å². The summed E-state index contributed by atoms with van der Waals surface area (Å²) in [6, 6.07) is 1.95. The van der Waals surface area contributed by atoms with Crippen molar-refractivity contribution in [2.75, 3.05) is 31.6 Å². The number of methoxy groups -OCH3 is 1. The number of anilines is 1. The third-order valence-corrected chi connectivity index (χ3v) is 4.28. The van der Waals surface area contributed by atoms with Gasteiger partial charge in [-0.05, 0) is 19.3 Å². The molecule has 6 nitrogen and oxygen atoms in total. The summed E-state index contributed by atoms with van der Waals surface area (Å²) in [4.78, 5) is 22.9. The zero-order valence-electron chi connectivity index (χ0n) is 11.8. The van der Waals surface area contributed by atoms with Gasteiger partial charge in [0.25, 0.3) is 0 Å². The summed E-state index contributed by atoms with van der Waals surface area (Å²) in [6.45, 7) is 2.92. The summed E-state index contributed by atoms with van der Waals surface area (Å²) in [5.41, 5.74) is 0.650. The highest BCUT2D eigenvalue weighted by molar-refractivity contribution is 5.84. The van der Waals surface area contributed by atoms with Gasteiger partial charge in [0.1, 0.15) is 12.1 Å². The molecule has 2 aliphatic rings. The van der Waals surface area contributed by atoms with Gasteiger partial charge in [0.15, 0.2) is 0 Å². The number of nitrogens with zero attached hydrogens (tertiary/aromatic N) is 3. The van der Waals surface area contributed by atoms with E-state index in [2.05, 4.69) is 20.2 Å². The van der Waals surface area contributed by atoms with E-state index >= 15 is 0 Å². The fourth-order valence-corrected chi connectivity index (χ4v) is 3.17. The van der Waals surface area contributed by atoms with Crippen LogP contribution in [-0.2, 0) is 16.1 Å². The van der Waals surface area contributed by atoms with Gasteiger partial charge in [-0.1, -0.05) is 0 Å². The van der Waals surface area contributed by atoms with E-state index in [9.17, 15) is 4.79 Å². The first-order valence-electron chi connectivity index (χ1n) is 7.07. The minimum Gasteiger partial charge on any atom is -0.378 e. The predicted molar refractivity (Wildman–Crippen MR) is 74.3 cm³/mol. The molecule has 0 bridgehead atoms. The lowest BCUT2D eigenvalue weighted by molar-refractivity contribution is -0.132. The number of piperidine rings is 1. The van der Waals surface area contributed by atoms with Gasteiger partial charge in [-0.15, -0.1) is 0 Å². The van der Waals surface area contributed by atoms with E-state index in [-0.39, 0.29) is 11.3 Å². The lowest BCUT2D eigenvalue weighted by Crippen LogP contribution is -2.47. The van der Waals surface area contributed by atoms with Crippen molar-refractivity contribution in [1.29, 1.82) is 0 Å². The largest absolute Gasteiger partial charge is 0.378 e. The Morgan fingerprint density at radius 2 is 2.35 bits per heavy atom. The molecule has 1 amide bonds. The molecular formula is C14H20N4O2. The van der Waals surface area contributed by atoms with Crippen LogP contribution < -0.4 is 10.2 Å². The molecule has 2 aliphatic heterocycles. The molecule has 3 rings (SSSR count). The van der Waals surface area contributed by atoms with Gasteiger partial charge in [0.05, 0.1) is 17.7 Å². The van der Waals surface area contributed by atoms with Crippen molar-refractivity contribution in [3.05, 3.63) is 18.1 Å². The van der Waals surface area contributed by atoms with Crippen molar-refractivity contribution in [3.63, 3.8) is 0 Å². The molecule has 1 atom stereocenters. The van der Waals surface area contributed by atoms with Crippen LogP contribution in [0.15, 0.2) is 12.4 Å². The molecule has 0 saturated carbocycles. The SMILES string of the molecule is COCc1cc(N2CC[C@]3(CCCNC3=O)C2)ncn1. The Morgan fingerprint density at radius 3 is 3.15 bits per heavy atom. The van der Waals surface area contributed by atoms with Crippen LogP contribution in [0.4, 0.5) is 5.82 Å². The molecule has 0 aromatic carbocycles. The molecule has 0 radical (unpaired) electrons. The number of nitrogens with one attached hydrogen (secondary N) is 1. The average molecular weight is 276 g/mol. The quantitative estimate of drug-likeness (QED) is 0.881. The summed E-state index contributed by atoms with van der Waals surface area (Å²) in [5, 5.41) is 3.00. The van der Waals surface area contributed by atoms with Crippen LogP contribution in [0.2, 0.25) is 0 Å². The number of carbonyl (C=O) groups excluding carboxylic acids is 1. The monoisotopic (exact) mass is 276 g/mol. The second-order valence-corrected chi connectivity index (χ2v) is 5.61. The molecule has 20 heavy (non-hydrogen) atoms. The minimum atomic E-state index is -0.218. The first-order valence-corrected chi connectivity index (χ1v) is 7.07. The highest BCUT2D eigenvalue weighted by Crippen LogP contribution is 2.38. The van der Waals surface area contributed by atoms with E-state index in [0.29, 0.717) is 6.61 Å². The number of ether oxygens (including phenoxy) is 1. The second kappa shape index (κ2) is 5.36. The Balaban J connectivity index is 1.76. The molecule has 0 aliphatic carbocycles. The Hall–Kier alpha value is -1.69. The summed E-state index contributed by atoms with van der Waals surface area (Å²) < 4.78 is 5.10. The Morgan fingerprint density at radius 1 is 1.45 bits per heavy atom. The van der Waals surface area contributed by atoms with Gasteiger partial charge in [-0.25, -0.2) is 9.97 Å². The van der Waals surface area contributed by atoms with E-state index in [1.54, 1.807) is 13.4 Å².